The van der Waals surface area contributed by atoms with E-state index in [9.17, 15) is 0 Å². The van der Waals surface area contributed by atoms with E-state index < -0.39 is 0 Å². The molecule has 9 aromatic carbocycles. The normalized spacial score (nSPS) is 17.1. The molecule has 2 aliphatic heterocycles. The number of nitrogens with zero attached hydrogens (tertiary/aromatic N) is 3. The van der Waals surface area contributed by atoms with Crippen LogP contribution in [0.25, 0.3) is 31.3 Å². The first-order valence-electron chi connectivity index (χ1n) is 33.9. The van der Waals surface area contributed by atoms with Crippen LogP contribution in [0.4, 0.5) is 51.2 Å². The molecule has 3 nitrogen and oxygen atoms in total. The van der Waals surface area contributed by atoms with Gasteiger partial charge >= 0.3 is 0 Å². The van der Waals surface area contributed by atoms with Gasteiger partial charge in [0.15, 0.2) is 0 Å². The van der Waals surface area contributed by atoms with Gasteiger partial charge in [-0.3, -0.25) is 0 Å². The molecule has 0 saturated carbocycles. The highest BCUT2D eigenvalue weighted by atomic mass is 32.1. The van der Waals surface area contributed by atoms with Crippen LogP contribution in [-0.2, 0) is 43.3 Å². The maximum absolute atomic E-state index is 2.76. The number of anilines is 9. The number of hydrogen-bond acceptors (Lipinski definition) is 4. The highest BCUT2D eigenvalue weighted by Crippen LogP contribution is 2.56. The number of hydrogen-bond donors (Lipinski definition) is 0. The van der Waals surface area contributed by atoms with Crippen molar-refractivity contribution < 1.29 is 0 Å². The summed E-state index contributed by atoms with van der Waals surface area (Å²) in [5.41, 5.74) is 28.4. The molecule has 5 heteroatoms. The third-order valence-electron chi connectivity index (χ3n) is 22.0. The lowest BCUT2D eigenvalue weighted by Crippen LogP contribution is -2.62. The van der Waals surface area contributed by atoms with Gasteiger partial charge in [-0.2, -0.15) is 0 Å². The fourth-order valence-corrected chi connectivity index (χ4v) is 17.2. The molecule has 0 spiro atoms. The van der Waals surface area contributed by atoms with E-state index in [2.05, 4.69) is 323 Å². The SMILES string of the molecule is CC(C)(C)c1ccc(N(c2ccc(C(C)(C)C)cc2)c2cc3c4c(c2)N(c2ccc(C(C)(C)C)cc2-c2ccccc2)c2ccc5c(sc6cc(C(C)(C)C)ccc65)c2B4c2cc4c(cc2N3c2ccc3c(c2)C(C)(C)CCC3(C)C)C(C)(C)CCC4(C)C)cc1. The molecule has 14 rings (SSSR count). The molecule has 4 aliphatic rings. The summed E-state index contributed by atoms with van der Waals surface area (Å²) in [6.45, 7) is 47.9. The van der Waals surface area contributed by atoms with Gasteiger partial charge in [-0.05, 0) is 220 Å². The lowest BCUT2D eigenvalue weighted by molar-refractivity contribution is 0.332. The topological polar surface area (TPSA) is 9.72 Å². The van der Waals surface area contributed by atoms with Crippen molar-refractivity contribution in [2.45, 2.75) is 207 Å². The lowest BCUT2D eigenvalue weighted by Gasteiger charge is -2.48. The minimum atomic E-state index is -0.117. The summed E-state index contributed by atoms with van der Waals surface area (Å²) < 4.78 is 2.72. The molecule has 0 fully saturated rings. The van der Waals surface area contributed by atoms with Crippen molar-refractivity contribution >= 4 is 106 Å². The average Bonchev–Trinajstić information content (AvgIpc) is 1.48. The van der Waals surface area contributed by atoms with Crippen LogP contribution in [0.2, 0.25) is 0 Å². The monoisotopic (exact) mass is 1210 g/mol. The van der Waals surface area contributed by atoms with Crippen LogP contribution in [0.1, 0.15) is 209 Å². The van der Waals surface area contributed by atoms with Crippen molar-refractivity contribution in [1.82, 2.24) is 0 Å². The molecule has 0 unspecified atom stereocenters. The second-order valence-electron chi connectivity index (χ2n) is 34.4. The molecule has 91 heavy (non-hydrogen) atoms. The smallest absolute Gasteiger partial charge is 0.254 e. The number of rotatable bonds is 6. The Balaban J connectivity index is 1.18. The fourth-order valence-electron chi connectivity index (χ4n) is 15.9. The Morgan fingerprint density at radius 3 is 1.41 bits per heavy atom. The third-order valence-corrected chi connectivity index (χ3v) is 23.2. The van der Waals surface area contributed by atoms with Crippen LogP contribution < -0.4 is 31.1 Å². The Bertz CT molecular complexity index is 4500. The Labute approximate surface area is 550 Å². The van der Waals surface area contributed by atoms with E-state index in [4.69, 9.17) is 0 Å². The van der Waals surface area contributed by atoms with Crippen molar-refractivity contribution in [2.75, 3.05) is 14.7 Å². The molecule has 0 radical (unpaired) electrons. The van der Waals surface area contributed by atoms with Gasteiger partial charge in [0.25, 0.3) is 6.71 Å². The fraction of sp³-hybridized carbons (Fsp3) is 0.372. The van der Waals surface area contributed by atoms with Crippen LogP contribution in [-0.4, -0.2) is 6.71 Å². The predicted octanol–water partition coefficient (Wildman–Crippen LogP) is 23.2. The van der Waals surface area contributed by atoms with Crippen LogP contribution in [0.5, 0.6) is 0 Å². The highest BCUT2D eigenvalue weighted by Gasteiger charge is 2.49. The van der Waals surface area contributed by atoms with Crippen LogP contribution in [0.3, 0.4) is 0 Å². The quantitative estimate of drug-likeness (QED) is 0.154. The molecule has 1 aromatic heterocycles. The van der Waals surface area contributed by atoms with Gasteiger partial charge < -0.3 is 14.7 Å². The van der Waals surface area contributed by atoms with Gasteiger partial charge in [0.1, 0.15) is 0 Å². The number of thiophene rings is 1. The molecule has 0 N–H and O–H groups in total. The maximum atomic E-state index is 2.76. The van der Waals surface area contributed by atoms with E-state index in [0.29, 0.717) is 0 Å². The molecular formula is C86H96BN3S. The molecular weight excluding hydrogens is 1120 g/mol. The van der Waals surface area contributed by atoms with Gasteiger partial charge in [0.2, 0.25) is 0 Å². The zero-order chi connectivity index (χ0) is 64.7. The predicted molar refractivity (Wildman–Crippen MR) is 399 cm³/mol. The van der Waals surface area contributed by atoms with E-state index >= 15 is 0 Å². The minimum absolute atomic E-state index is 0.00340. The standard InChI is InChI=1S/C86H96BN3S/c1-79(2,3)54-26-32-58(33-27-54)88(59-34-28-55(29-35-59)80(4,5)6)61-49-73-76-74(50-61)90(70-40-31-56(81(7,8)9)46-64(70)53-24-22-21-23-25-53)71-41-38-63-62-37-30-57(82(10,11)12)47-75(62)91-78(63)77(71)87(76)69-51-67-68(86(19,20)45-44-85(67,17)18)52-72(69)89(73)60-36-39-65-66(48-60)84(15,16)43-42-83(65,13)14/h21-41,46-52H,42-45H2,1-20H3. The summed E-state index contributed by atoms with van der Waals surface area (Å²) in [6.07, 6.45) is 4.57. The first kappa shape index (κ1) is 61.2. The first-order valence-corrected chi connectivity index (χ1v) is 34.8. The first-order chi connectivity index (χ1) is 42.6. The van der Waals surface area contributed by atoms with Crippen LogP contribution in [0, 0.1) is 0 Å². The Morgan fingerprint density at radius 1 is 0.374 bits per heavy atom. The zero-order valence-electron chi connectivity index (χ0n) is 58.3. The molecule has 2 aliphatic carbocycles. The van der Waals surface area contributed by atoms with Crippen molar-refractivity contribution in [2.24, 2.45) is 0 Å². The molecule has 0 amide bonds. The van der Waals surface area contributed by atoms with Crippen LogP contribution >= 0.6 is 11.3 Å². The van der Waals surface area contributed by atoms with Gasteiger partial charge in [-0.15, -0.1) is 11.3 Å². The Morgan fingerprint density at radius 2 is 0.846 bits per heavy atom. The van der Waals surface area contributed by atoms with Crippen molar-refractivity contribution in [3.05, 3.63) is 214 Å². The van der Waals surface area contributed by atoms with Gasteiger partial charge in [0.05, 0.1) is 11.4 Å². The number of benzene rings is 9. The van der Waals surface area contributed by atoms with Gasteiger partial charge in [-0.1, -0.05) is 229 Å². The van der Waals surface area contributed by atoms with Crippen molar-refractivity contribution in [3.8, 4) is 11.1 Å². The summed E-state index contributed by atoms with van der Waals surface area (Å²) in [6, 6.07) is 68.2. The highest BCUT2D eigenvalue weighted by molar-refractivity contribution is 7.28. The summed E-state index contributed by atoms with van der Waals surface area (Å²) in [5.74, 6) is 0. The zero-order valence-corrected chi connectivity index (χ0v) is 59.1. The Hall–Kier alpha value is -7.34. The molecule has 464 valence electrons. The number of fused-ring (bicyclic) bond motifs is 10. The summed E-state index contributed by atoms with van der Waals surface area (Å²) in [4.78, 5) is 8.05. The van der Waals surface area contributed by atoms with E-state index in [1.165, 1.54) is 126 Å². The van der Waals surface area contributed by atoms with E-state index in [1.54, 1.807) is 0 Å². The molecule has 0 saturated heterocycles. The summed E-state index contributed by atoms with van der Waals surface area (Å²) in [5, 5.41) is 2.66. The molecule has 10 aromatic rings. The molecule has 0 bridgehead atoms. The molecule has 0 atom stereocenters. The second-order valence-corrected chi connectivity index (χ2v) is 35.5. The van der Waals surface area contributed by atoms with E-state index in [-0.39, 0.29) is 50.0 Å². The Kier molecular flexibility index (Phi) is 13.8. The van der Waals surface area contributed by atoms with E-state index in [0.717, 1.165) is 42.7 Å². The van der Waals surface area contributed by atoms with Crippen molar-refractivity contribution in [3.63, 3.8) is 0 Å². The lowest BCUT2D eigenvalue weighted by atomic mass is 9.33. The summed E-state index contributed by atoms with van der Waals surface area (Å²) in [7, 11) is 0. The van der Waals surface area contributed by atoms with Gasteiger partial charge in [0, 0.05) is 60.2 Å². The minimum Gasteiger partial charge on any atom is -0.311 e. The van der Waals surface area contributed by atoms with Gasteiger partial charge in [-0.25, -0.2) is 0 Å². The maximum Gasteiger partial charge on any atom is 0.254 e. The largest absolute Gasteiger partial charge is 0.311 e. The van der Waals surface area contributed by atoms with E-state index in [1.807, 2.05) is 11.3 Å². The average molecular weight is 1210 g/mol. The molecule has 3 heterocycles. The second kappa shape index (κ2) is 20.6. The summed E-state index contributed by atoms with van der Waals surface area (Å²) >= 11 is 2.01. The van der Waals surface area contributed by atoms with Crippen LogP contribution in [0.15, 0.2) is 170 Å². The third kappa shape index (κ3) is 10.1. The van der Waals surface area contributed by atoms with Crippen molar-refractivity contribution in [1.29, 1.82) is 0 Å².